The molecule has 2 aromatic carbocycles. The van der Waals surface area contributed by atoms with Crippen molar-refractivity contribution in [1.29, 1.82) is 0 Å². The predicted octanol–water partition coefficient (Wildman–Crippen LogP) is 2.84. The van der Waals surface area contributed by atoms with E-state index in [1.165, 1.54) is 11.1 Å². The minimum absolute atomic E-state index is 0.689. The number of aryl methyl sites for hydroxylation is 3. The Labute approximate surface area is 123 Å². The molecule has 0 atom stereocenters. The van der Waals surface area contributed by atoms with Crippen molar-refractivity contribution in [3.05, 3.63) is 53.1 Å². The summed E-state index contributed by atoms with van der Waals surface area (Å²) in [7, 11) is 0. The first kappa shape index (κ1) is 13.3. The first-order chi connectivity index (χ1) is 10.0. The molecule has 1 heterocycles. The van der Waals surface area contributed by atoms with Gasteiger partial charge in [0.1, 0.15) is 0 Å². The number of rotatable bonds is 2. The summed E-state index contributed by atoms with van der Waals surface area (Å²) in [6.07, 6.45) is 0. The van der Waals surface area contributed by atoms with Crippen molar-refractivity contribution in [2.24, 2.45) is 0 Å². The Hall–Kier alpha value is -2.69. The molecule has 21 heavy (non-hydrogen) atoms. The summed E-state index contributed by atoms with van der Waals surface area (Å²) in [4.78, 5) is 0. The lowest BCUT2D eigenvalue weighted by Gasteiger charge is -2.08. The fourth-order valence-electron chi connectivity index (χ4n) is 2.34. The van der Waals surface area contributed by atoms with E-state index in [0.29, 0.717) is 11.5 Å². The van der Waals surface area contributed by atoms with E-state index in [0.717, 1.165) is 16.8 Å². The fraction of sp³-hybridized carbons (Fsp3) is 0.188. The van der Waals surface area contributed by atoms with E-state index < -0.39 is 0 Å². The monoisotopic (exact) mass is 279 g/mol. The number of anilines is 1. The molecule has 5 heteroatoms. The lowest BCUT2D eigenvalue weighted by molar-refractivity contribution is 0.790. The SMILES string of the molecule is Cc1cc(N)cc(-c2nnnn2-c2ccc(C)c(C)c2)c1. The summed E-state index contributed by atoms with van der Waals surface area (Å²) < 4.78 is 1.74. The Morgan fingerprint density at radius 3 is 2.48 bits per heavy atom. The summed E-state index contributed by atoms with van der Waals surface area (Å²) in [6, 6.07) is 12.0. The maximum Gasteiger partial charge on any atom is 0.187 e. The second-order valence-corrected chi connectivity index (χ2v) is 5.32. The van der Waals surface area contributed by atoms with Gasteiger partial charge < -0.3 is 5.73 Å². The molecule has 2 N–H and O–H groups in total. The Bertz CT molecular complexity index is 784. The van der Waals surface area contributed by atoms with Crippen LogP contribution in [0, 0.1) is 20.8 Å². The first-order valence-electron chi connectivity index (χ1n) is 6.78. The van der Waals surface area contributed by atoms with Gasteiger partial charge in [-0.1, -0.05) is 6.07 Å². The van der Waals surface area contributed by atoms with E-state index in [4.69, 9.17) is 5.73 Å². The second-order valence-electron chi connectivity index (χ2n) is 5.32. The maximum atomic E-state index is 5.92. The van der Waals surface area contributed by atoms with Crippen LogP contribution in [0.1, 0.15) is 16.7 Å². The van der Waals surface area contributed by atoms with Crippen LogP contribution in [0.25, 0.3) is 17.1 Å². The predicted molar refractivity (Wildman–Crippen MR) is 83.2 cm³/mol. The van der Waals surface area contributed by atoms with Gasteiger partial charge in [0.2, 0.25) is 0 Å². The van der Waals surface area contributed by atoms with Crippen LogP contribution >= 0.6 is 0 Å². The summed E-state index contributed by atoms with van der Waals surface area (Å²) in [5.74, 6) is 0.689. The Morgan fingerprint density at radius 1 is 0.952 bits per heavy atom. The van der Waals surface area contributed by atoms with Crippen molar-refractivity contribution in [3.8, 4) is 17.1 Å². The molecule has 0 unspecified atom stereocenters. The van der Waals surface area contributed by atoms with E-state index in [2.05, 4.69) is 41.5 Å². The van der Waals surface area contributed by atoms with E-state index in [-0.39, 0.29) is 0 Å². The standard InChI is InChI=1S/C16H17N5/c1-10-6-13(9-14(17)7-10)16-18-19-20-21(16)15-5-4-11(2)12(3)8-15/h4-9H,17H2,1-3H3. The first-order valence-corrected chi connectivity index (χ1v) is 6.78. The average molecular weight is 279 g/mol. The molecule has 0 aliphatic heterocycles. The van der Waals surface area contributed by atoms with Crippen molar-refractivity contribution in [2.75, 3.05) is 5.73 Å². The third-order valence-electron chi connectivity index (χ3n) is 3.56. The lowest BCUT2D eigenvalue weighted by Crippen LogP contribution is -2.01. The normalized spacial score (nSPS) is 10.8. The minimum Gasteiger partial charge on any atom is -0.399 e. The highest BCUT2D eigenvalue weighted by Gasteiger charge is 2.12. The van der Waals surface area contributed by atoms with Gasteiger partial charge in [-0.3, -0.25) is 0 Å². The minimum atomic E-state index is 0.689. The largest absolute Gasteiger partial charge is 0.399 e. The van der Waals surface area contributed by atoms with Crippen LogP contribution < -0.4 is 5.73 Å². The molecule has 3 aromatic rings. The summed E-state index contributed by atoms with van der Waals surface area (Å²) >= 11 is 0. The Kier molecular flexibility index (Phi) is 3.17. The Morgan fingerprint density at radius 2 is 1.76 bits per heavy atom. The van der Waals surface area contributed by atoms with Crippen LogP contribution in [0.15, 0.2) is 36.4 Å². The number of nitrogens with two attached hydrogens (primary N) is 1. The molecular weight excluding hydrogens is 262 g/mol. The number of hydrogen-bond acceptors (Lipinski definition) is 4. The van der Waals surface area contributed by atoms with Crippen LogP contribution in [0.3, 0.4) is 0 Å². The second kappa shape index (κ2) is 5.01. The smallest absolute Gasteiger partial charge is 0.187 e. The highest BCUT2D eigenvalue weighted by atomic mass is 15.5. The number of hydrogen-bond donors (Lipinski definition) is 1. The third-order valence-corrected chi connectivity index (χ3v) is 3.56. The molecule has 0 saturated heterocycles. The van der Waals surface area contributed by atoms with E-state index >= 15 is 0 Å². The van der Waals surface area contributed by atoms with Crippen molar-refractivity contribution < 1.29 is 0 Å². The van der Waals surface area contributed by atoms with E-state index in [9.17, 15) is 0 Å². The van der Waals surface area contributed by atoms with Crippen LogP contribution in [0.4, 0.5) is 5.69 Å². The van der Waals surface area contributed by atoms with Crippen molar-refractivity contribution in [3.63, 3.8) is 0 Å². The molecular formula is C16H17N5. The highest BCUT2D eigenvalue weighted by Crippen LogP contribution is 2.24. The molecule has 0 saturated carbocycles. The van der Waals surface area contributed by atoms with E-state index in [1.807, 2.05) is 31.2 Å². The van der Waals surface area contributed by atoms with Gasteiger partial charge >= 0.3 is 0 Å². The Balaban J connectivity index is 2.14. The number of benzene rings is 2. The summed E-state index contributed by atoms with van der Waals surface area (Å²) in [6.45, 7) is 6.17. The molecule has 5 nitrogen and oxygen atoms in total. The van der Waals surface area contributed by atoms with Crippen molar-refractivity contribution >= 4 is 5.69 Å². The van der Waals surface area contributed by atoms with Gasteiger partial charge in [-0.05, 0) is 78.2 Å². The van der Waals surface area contributed by atoms with Crippen LogP contribution in [0.2, 0.25) is 0 Å². The molecule has 0 fully saturated rings. The highest BCUT2D eigenvalue weighted by molar-refractivity contribution is 5.64. The summed E-state index contributed by atoms with van der Waals surface area (Å²) in [5.41, 5.74) is 12.0. The third kappa shape index (κ3) is 2.50. The zero-order chi connectivity index (χ0) is 15.0. The van der Waals surface area contributed by atoms with Gasteiger partial charge in [-0.25, -0.2) is 0 Å². The average Bonchev–Trinajstić information content (AvgIpc) is 2.90. The number of nitrogens with zero attached hydrogens (tertiary/aromatic N) is 4. The van der Waals surface area contributed by atoms with Crippen LogP contribution in [0.5, 0.6) is 0 Å². The molecule has 1 aromatic heterocycles. The van der Waals surface area contributed by atoms with Crippen molar-refractivity contribution in [2.45, 2.75) is 20.8 Å². The molecule has 0 spiro atoms. The molecule has 0 aliphatic rings. The van der Waals surface area contributed by atoms with Gasteiger partial charge in [-0.2, -0.15) is 4.68 Å². The number of aromatic nitrogens is 4. The fourth-order valence-corrected chi connectivity index (χ4v) is 2.34. The van der Waals surface area contributed by atoms with Crippen molar-refractivity contribution in [1.82, 2.24) is 20.2 Å². The van der Waals surface area contributed by atoms with Gasteiger partial charge in [0.05, 0.1) is 5.69 Å². The molecule has 3 rings (SSSR count). The van der Waals surface area contributed by atoms with Crippen LogP contribution in [-0.4, -0.2) is 20.2 Å². The van der Waals surface area contributed by atoms with Gasteiger partial charge in [0.25, 0.3) is 0 Å². The maximum absolute atomic E-state index is 5.92. The van der Waals surface area contributed by atoms with Gasteiger partial charge in [0, 0.05) is 11.3 Å². The number of nitrogen functional groups attached to an aromatic ring is 1. The van der Waals surface area contributed by atoms with E-state index in [1.54, 1.807) is 4.68 Å². The van der Waals surface area contributed by atoms with Gasteiger partial charge in [0.15, 0.2) is 5.82 Å². The van der Waals surface area contributed by atoms with Gasteiger partial charge in [-0.15, -0.1) is 5.10 Å². The number of tetrazole rings is 1. The zero-order valence-corrected chi connectivity index (χ0v) is 12.3. The van der Waals surface area contributed by atoms with Crippen LogP contribution in [-0.2, 0) is 0 Å². The quantitative estimate of drug-likeness (QED) is 0.732. The molecule has 106 valence electrons. The molecule has 0 radical (unpaired) electrons. The lowest BCUT2D eigenvalue weighted by atomic mass is 10.1. The summed E-state index contributed by atoms with van der Waals surface area (Å²) in [5, 5.41) is 12.1. The molecule has 0 bridgehead atoms. The molecule has 0 aliphatic carbocycles. The molecule has 0 amide bonds. The topological polar surface area (TPSA) is 69.6 Å². The zero-order valence-electron chi connectivity index (χ0n) is 12.3.